The molecule has 0 unspecified atom stereocenters. The van der Waals surface area contributed by atoms with Gasteiger partial charge in [0.2, 0.25) is 0 Å². The minimum absolute atomic E-state index is 0.264. The van der Waals surface area contributed by atoms with Crippen molar-refractivity contribution in [3.05, 3.63) is 58.1 Å². The van der Waals surface area contributed by atoms with E-state index in [1.807, 2.05) is 38.1 Å². The Kier molecular flexibility index (Phi) is 8.08. The fraction of sp³-hybridized carbons (Fsp3) is 0.571. The Morgan fingerprint density at radius 2 is 1.41 bits per heavy atom. The number of hydrogen-bond acceptors (Lipinski definition) is 5. The van der Waals surface area contributed by atoms with E-state index in [1.54, 1.807) is 0 Å². The van der Waals surface area contributed by atoms with Crippen molar-refractivity contribution in [1.29, 1.82) is 0 Å². The highest BCUT2D eigenvalue weighted by atomic mass is 35.5. The molecule has 1 saturated heterocycles. The van der Waals surface area contributed by atoms with Gasteiger partial charge < -0.3 is 19.7 Å². The van der Waals surface area contributed by atoms with E-state index in [4.69, 9.17) is 21.1 Å². The first-order valence-electron chi connectivity index (χ1n) is 12.5. The molecule has 2 aliphatic rings. The van der Waals surface area contributed by atoms with E-state index in [0.29, 0.717) is 13.2 Å². The highest BCUT2D eigenvalue weighted by Crippen LogP contribution is 2.30. The van der Waals surface area contributed by atoms with Gasteiger partial charge in [0.25, 0.3) is 0 Å². The number of aliphatic hydroxyl groups is 2. The van der Waals surface area contributed by atoms with Gasteiger partial charge in [-0.05, 0) is 87.0 Å². The van der Waals surface area contributed by atoms with Crippen LogP contribution in [-0.4, -0.2) is 52.6 Å². The molecule has 34 heavy (non-hydrogen) atoms. The summed E-state index contributed by atoms with van der Waals surface area (Å²) in [7, 11) is 0. The van der Waals surface area contributed by atoms with E-state index in [0.717, 1.165) is 79.3 Å². The average molecular weight is 488 g/mol. The molecule has 1 heterocycles. The Balaban J connectivity index is 1.28. The first-order chi connectivity index (χ1) is 16.2. The second kappa shape index (κ2) is 10.9. The second-order valence-electron chi connectivity index (χ2n) is 10.4. The van der Waals surface area contributed by atoms with Crippen molar-refractivity contribution in [1.82, 2.24) is 4.90 Å². The summed E-state index contributed by atoms with van der Waals surface area (Å²) in [6, 6.07) is 12.0. The van der Waals surface area contributed by atoms with Crippen LogP contribution in [0.15, 0.2) is 36.4 Å². The number of benzene rings is 2. The van der Waals surface area contributed by atoms with Gasteiger partial charge in [0, 0.05) is 18.1 Å². The molecular weight excluding hydrogens is 450 g/mol. The predicted molar refractivity (Wildman–Crippen MR) is 136 cm³/mol. The van der Waals surface area contributed by atoms with Crippen LogP contribution in [-0.2, 0) is 6.54 Å². The molecule has 0 amide bonds. The van der Waals surface area contributed by atoms with Gasteiger partial charge in [-0.1, -0.05) is 43.0 Å². The smallest absolute Gasteiger partial charge is 0.120 e. The van der Waals surface area contributed by atoms with Crippen LogP contribution in [0.5, 0.6) is 11.5 Å². The van der Waals surface area contributed by atoms with Crippen molar-refractivity contribution >= 4 is 11.6 Å². The van der Waals surface area contributed by atoms with Gasteiger partial charge in [0.1, 0.15) is 30.3 Å². The van der Waals surface area contributed by atoms with Crippen molar-refractivity contribution in [2.45, 2.75) is 76.5 Å². The molecule has 186 valence electrons. The van der Waals surface area contributed by atoms with Crippen LogP contribution >= 0.6 is 11.6 Å². The fourth-order valence-electron chi connectivity index (χ4n) is 5.19. The first-order valence-corrected chi connectivity index (χ1v) is 12.9. The summed E-state index contributed by atoms with van der Waals surface area (Å²) in [5.74, 6) is 1.54. The molecule has 5 nitrogen and oxygen atoms in total. The normalized spacial score (nSPS) is 23.0. The third kappa shape index (κ3) is 6.66. The maximum Gasteiger partial charge on any atom is 0.120 e. The zero-order valence-electron chi connectivity index (χ0n) is 20.5. The van der Waals surface area contributed by atoms with Crippen LogP contribution in [0, 0.1) is 13.8 Å². The van der Waals surface area contributed by atoms with Crippen molar-refractivity contribution in [2.24, 2.45) is 0 Å². The van der Waals surface area contributed by atoms with E-state index >= 15 is 0 Å². The largest absolute Gasteiger partial charge is 0.491 e. The van der Waals surface area contributed by atoms with E-state index in [-0.39, 0.29) is 6.61 Å². The lowest BCUT2D eigenvalue weighted by Crippen LogP contribution is -2.51. The molecule has 1 aliphatic heterocycles. The number of aryl methyl sites for hydroxylation is 2. The first kappa shape index (κ1) is 25.3. The number of ether oxygens (including phenoxy) is 2. The van der Waals surface area contributed by atoms with E-state index in [2.05, 4.69) is 17.0 Å². The molecule has 2 N–H and O–H groups in total. The monoisotopic (exact) mass is 487 g/mol. The number of rotatable bonds is 8. The summed E-state index contributed by atoms with van der Waals surface area (Å²) in [4.78, 5) is 2.28. The van der Waals surface area contributed by atoms with E-state index in [9.17, 15) is 10.2 Å². The molecule has 0 radical (unpaired) electrons. The lowest BCUT2D eigenvalue weighted by Gasteiger charge is -2.39. The van der Waals surface area contributed by atoms with Crippen LogP contribution < -0.4 is 9.47 Å². The van der Waals surface area contributed by atoms with Crippen LogP contribution in [0.4, 0.5) is 0 Å². The molecule has 1 saturated carbocycles. The maximum absolute atomic E-state index is 11.2. The summed E-state index contributed by atoms with van der Waals surface area (Å²) < 4.78 is 11.9. The summed E-state index contributed by atoms with van der Waals surface area (Å²) >= 11 is 6.26. The number of nitrogens with zero attached hydrogens (tertiary/aromatic N) is 1. The SMILES string of the molecule is Cc1cc(OC[C@@]2(O)CCCN(Cc3ccc(OCC4(O)CCCCC4)cc3)C2)cc(C)c1Cl. The molecular formula is C28H38ClNO4. The number of halogens is 1. The summed E-state index contributed by atoms with van der Waals surface area (Å²) in [6.07, 6.45) is 6.65. The van der Waals surface area contributed by atoms with E-state index < -0.39 is 11.2 Å². The van der Waals surface area contributed by atoms with Gasteiger partial charge in [0.05, 0.1) is 5.60 Å². The number of β-amino-alcohol motifs (C(OH)–C–C–N with tert-alkyl or cyclic N) is 1. The minimum atomic E-state index is -0.877. The number of piperidine rings is 1. The van der Waals surface area contributed by atoms with Gasteiger partial charge in [-0.3, -0.25) is 4.90 Å². The highest BCUT2D eigenvalue weighted by molar-refractivity contribution is 6.32. The third-order valence-electron chi connectivity index (χ3n) is 7.17. The topological polar surface area (TPSA) is 62.2 Å². The molecule has 1 atom stereocenters. The van der Waals surface area contributed by atoms with Gasteiger partial charge >= 0.3 is 0 Å². The predicted octanol–water partition coefficient (Wildman–Crippen LogP) is 5.44. The zero-order valence-corrected chi connectivity index (χ0v) is 21.2. The highest BCUT2D eigenvalue weighted by Gasteiger charge is 2.34. The summed E-state index contributed by atoms with van der Waals surface area (Å²) in [5.41, 5.74) is 1.58. The Morgan fingerprint density at radius 3 is 2.09 bits per heavy atom. The number of hydrogen-bond donors (Lipinski definition) is 2. The Morgan fingerprint density at radius 1 is 0.824 bits per heavy atom. The van der Waals surface area contributed by atoms with Crippen LogP contribution in [0.3, 0.4) is 0 Å². The summed E-state index contributed by atoms with van der Waals surface area (Å²) in [6.45, 7) is 6.85. The van der Waals surface area contributed by atoms with Crippen LogP contribution in [0.1, 0.15) is 61.6 Å². The van der Waals surface area contributed by atoms with Crippen LogP contribution in [0.25, 0.3) is 0 Å². The number of likely N-dealkylation sites (tertiary alicyclic amines) is 1. The van der Waals surface area contributed by atoms with E-state index in [1.165, 1.54) is 12.0 Å². The standard InChI is InChI=1S/C28H38ClNO4/c1-21-15-25(16-22(2)26(21)29)34-20-28(32)13-6-14-30(18-28)17-23-7-9-24(10-8-23)33-19-27(31)11-4-3-5-12-27/h7-10,15-16,31-32H,3-6,11-14,17-20H2,1-2H3/t28-/m1/s1. The molecule has 6 heteroatoms. The molecule has 0 aromatic heterocycles. The molecule has 4 rings (SSSR count). The maximum atomic E-state index is 11.2. The fourth-order valence-corrected chi connectivity index (χ4v) is 5.30. The quantitative estimate of drug-likeness (QED) is 0.519. The molecule has 0 spiro atoms. The van der Waals surface area contributed by atoms with Gasteiger partial charge in [0.15, 0.2) is 0 Å². The zero-order chi connectivity index (χ0) is 24.2. The lowest BCUT2D eigenvalue weighted by molar-refractivity contribution is -0.0621. The molecule has 2 aromatic rings. The Bertz CT molecular complexity index is 934. The van der Waals surface area contributed by atoms with Crippen molar-refractivity contribution < 1.29 is 19.7 Å². The van der Waals surface area contributed by atoms with Crippen molar-refractivity contribution in [3.8, 4) is 11.5 Å². The lowest BCUT2D eigenvalue weighted by atomic mass is 9.85. The third-order valence-corrected chi connectivity index (χ3v) is 7.77. The van der Waals surface area contributed by atoms with Gasteiger partial charge in [-0.25, -0.2) is 0 Å². The Labute approximate surface area is 208 Å². The molecule has 0 bridgehead atoms. The minimum Gasteiger partial charge on any atom is -0.491 e. The summed E-state index contributed by atoms with van der Waals surface area (Å²) in [5, 5.41) is 22.6. The molecule has 1 aliphatic carbocycles. The van der Waals surface area contributed by atoms with Gasteiger partial charge in [-0.2, -0.15) is 0 Å². The average Bonchev–Trinajstić information content (AvgIpc) is 2.81. The van der Waals surface area contributed by atoms with Crippen molar-refractivity contribution in [3.63, 3.8) is 0 Å². The van der Waals surface area contributed by atoms with Crippen molar-refractivity contribution in [2.75, 3.05) is 26.3 Å². The van der Waals surface area contributed by atoms with Gasteiger partial charge in [-0.15, -0.1) is 0 Å². The van der Waals surface area contributed by atoms with Crippen LogP contribution in [0.2, 0.25) is 5.02 Å². The Hall–Kier alpha value is -1.79. The molecule has 2 fully saturated rings. The molecule has 2 aromatic carbocycles. The second-order valence-corrected chi connectivity index (χ2v) is 10.8.